The van der Waals surface area contributed by atoms with Crippen LogP contribution in [0, 0.1) is 0 Å². The van der Waals surface area contributed by atoms with Crippen LogP contribution in [0.15, 0.2) is 60.7 Å². The van der Waals surface area contributed by atoms with Crippen molar-refractivity contribution >= 4 is 12.0 Å². The molecule has 22 heavy (non-hydrogen) atoms. The molecule has 2 heteroatoms. The Morgan fingerprint density at radius 1 is 1.00 bits per heavy atom. The van der Waals surface area contributed by atoms with Crippen LogP contribution in [0.3, 0.4) is 0 Å². The van der Waals surface area contributed by atoms with Gasteiger partial charge < -0.3 is 5.32 Å². The summed E-state index contributed by atoms with van der Waals surface area (Å²) in [7, 11) is 0. The summed E-state index contributed by atoms with van der Waals surface area (Å²) >= 11 is 0. The molecule has 0 saturated carbocycles. The zero-order chi connectivity index (χ0) is 16.0. The maximum Gasteiger partial charge on any atom is 0.244 e. The summed E-state index contributed by atoms with van der Waals surface area (Å²) in [4.78, 5) is 11.8. The Bertz CT molecular complexity index is 634. The first kappa shape index (κ1) is 16.0. The molecule has 1 amide bonds. The van der Waals surface area contributed by atoms with Crippen LogP contribution in [0.5, 0.6) is 0 Å². The Hall–Kier alpha value is -2.35. The summed E-state index contributed by atoms with van der Waals surface area (Å²) in [5.74, 6) is -0.0799. The Morgan fingerprint density at radius 2 is 1.64 bits per heavy atom. The number of benzene rings is 2. The molecular formula is C20H23NO. The molecule has 0 heterocycles. The van der Waals surface area contributed by atoms with Gasteiger partial charge in [-0.05, 0) is 28.2 Å². The number of amides is 1. The number of nitrogens with one attached hydrogen (secondary N) is 1. The fourth-order valence-corrected chi connectivity index (χ4v) is 2.11. The molecule has 0 aliphatic rings. The molecule has 0 radical (unpaired) electrons. The Labute approximate surface area is 132 Å². The number of hydrogen-bond acceptors (Lipinski definition) is 1. The van der Waals surface area contributed by atoms with Crippen LogP contribution in [0.2, 0.25) is 0 Å². The number of carbonyl (C=O) groups is 1. The predicted molar refractivity (Wildman–Crippen MR) is 92.5 cm³/mol. The second kappa shape index (κ2) is 7.08. The zero-order valence-corrected chi connectivity index (χ0v) is 13.5. The van der Waals surface area contributed by atoms with Crippen LogP contribution in [0.1, 0.15) is 37.5 Å². The fourth-order valence-electron chi connectivity index (χ4n) is 2.11. The van der Waals surface area contributed by atoms with Gasteiger partial charge in [0.25, 0.3) is 0 Å². The number of rotatable bonds is 4. The van der Waals surface area contributed by atoms with E-state index in [1.807, 2.05) is 48.5 Å². The highest BCUT2D eigenvalue weighted by Crippen LogP contribution is 2.22. The van der Waals surface area contributed by atoms with Gasteiger partial charge in [0.05, 0.1) is 0 Å². The van der Waals surface area contributed by atoms with Crippen molar-refractivity contribution in [1.82, 2.24) is 5.32 Å². The first-order chi connectivity index (χ1) is 10.4. The van der Waals surface area contributed by atoms with Crippen molar-refractivity contribution in [2.24, 2.45) is 0 Å². The summed E-state index contributed by atoms with van der Waals surface area (Å²) in [5.41, 5.74) is 3.56. The molecule has 0 atom stereocenters. The molecular weight excluding hydrogens is 270 g/mol. The standard InChI is InChI=1S/C20H23NO/c1-20(2,3)18-12-9-16(10-13-18)11-14-19(22)21-15-17-7-5-4-6-8-17/h4-14H,15H2,1-3H3,(H,21,22). The second-order valence-corrected chi connectivity index (χ2v) is 6.41. The minimum absolute atomic E-state index is 0.0799. The molecule has 0 aliphatic carbocycles. The molecule has 0 unspecified atom stereocenters. The van der Waals surface area contributed by atoms with E-state index in [0.717, 1.165) is 11.1 Å². The van der Waals surface area contributed by atoms with E-state index in [-0.39, 0.29) is 11.3 Å². The number of carbonyl (C=O) groups excluding carboxylic acids is 1. The summed E-state index contributed by atoms with van der Waals surface area (Å²) < 4.78 is 0. The lowest BCUT2D eigenvalue weighted by atomic mass is 9.87. The minimum Gasteiger partial charge on any atom is -0.348 e. The van der Waals surface area contributed by atoms with Gasteiger partial charge in [0.1, 0.15) is 0 Å². The van der Waals surface area contributed by atoms with Gasteiger partial charge in [0, 0.05) is 12.6 Å². The van der Waals surface area contributed by atoms with Crippen LogP contribution in [0.25, 0.3) is 6.08 Å². The van der Waals surface area contributed by atoms with E-state index in [4.69, 9.17) is 0 Å². The van der Waals surface area contributed by atoms with Crippen molar-refractivity contribution in [1.29, 1.82) is 0 Å². The van der Waals surface area contributed by atoms with E-state index >= 15 is 0 Å². The molecule has 114 valence electrons. The van der Waals surface area contributed by atoms with Gasteiger partial charge in [-0.15, -0.1) is 0 Å². The molecule has 2 nitrogen and oxygen atoms in total. The topological polar surface area (TPSA) is 29.1 Å². The van der Waals surface area contributed by atoms with Gasteiger partial charge in [-0.25, -0.2) is 0 Å². The highest BCUT2D eigenvalue weighted by atomic mass is 16.1. The monoisotopic (exact) mass is 293 g/mol. The predicted octanol–water partition coefficient (Wildman–Crippen LogP) is 4.31. The lowest BCUT2D eigenvalue weighted by molar-refractivity contribution is -0.116. The van der Waals surface area contributed by atoms with Crippen LogP contribution in [-0.4, -0.2) is 5.91 Å². The Kier molecular flexibility index (Phi) is 5.16. The van der Waals surface area contributed by atoms with E-state index in [0.29, 0.717) is 6.54 Å². The lowest BCUT2D eigenvalue weighted by Gasteiger charge is -2.18. The van der Waals surface area contributed by atoms with Gasteiger partial charge in [-0.3, -0.25) is 4.79 Å². The average molecular weight is 293 g/mol. The van der Waals surface area contributed by atoms with E-state index in [1.54, 1.807) is 6.08 Å². The maximum atomic E-state index is 11.8. The molecule has 2 rings (SSSR count). The molecule has 0 saturated heterocycles. The average Bonchev–Trinajstić information content (AvgIpc) is 2.51. The van der Waals surface area contributed by atoms with Crippen molar-refractivity contribution in [2.75, 3.05) is 0 Å². The minimum atomic E-state index is -0.0799. The van der Waals surface area contributed by atoms with Gasteiger partial charge in [-0.1, -0.05) is 75.4 Å². The van der Waals surface area contributed by atoms with Crippen molar-refractivity contribution in [3.8, 4) is 0 Å². The Balaban J connectivity index is 1.90. The first-order valence-electron chi connectivity index (χ1n) is 7.55. The molecule has 1 N–H and O–H groups in total. The van der Waals surface area contributed by atoms with Crippen LogP contribution in [0.4, 0.5) is 0 Å². The van der Waals surface area contributed by atoms with Gasteiger partial charge >= 0.3 is 0 Å². The normalized spacial score (nSPS) is 11.6. The van der Waals surface area contributed by atoms with Gasteiger partial charge in [0.15, 0.2) is 0 Å². The summed E-state index contributed by atoms with van der Waals surface area (Å²) in [6.07, 6.45) is 3.42. The second-order valence-electron chi connectivity index (χ2n) is 6.41. The largest absolute Gasteiger partial charge is 0.348 e. The highest BCUT2D eigenvalue weighted by Gasteiger charge is 2.12. The molecule has 0 spiro atoms. The fraction of sp³-hybridized carbons (Fsp3) is 0.250. The quantitative estimate of drug-likeness (QED) is 0.836. The Morgan fingerprint density at radius 3 is 2.23 bits per heavy atom. The first-order valence-corrected chi connectivity index (χ1v) is 7.55. The van der Waals surface area contributed by atoms with Crippen LogP contribution < -0.4 is 5.32 Å². The molecule has 0 aromatic heterocycles. The van der Waals surface area contributed by atoms with Crippen LogP contribution >= 0.6 is 0 Å². The lowest BCUT2D eigenvalue weighted by Crippen LogP contribution is -2.20. The molecule has 0 fully saturated rings. The van der Waals surface area contributed by atoms with E-state index in [9.17, 15) is 4.79 Å². The molecule has 2 aromatic carbocycles. The highest BCUT2D eigenvalue weighted by molar-refractivity contribution is 5.91. The van der Waals surface area contributed by atoms with Gasteiger partial charge in [-0.2, -0.15) is 0 Å². The third kappa shape index (κ3) is 4.88. The molecule has 0 bridgehead atoms. The smallest absolute Gasteiger partial charge is 0.244 e. The summed E-state index contributed by atoms with van der Waals surface area (Å²) in [6, 6.07) is 18.2. The third-order valence-corrected chi connectivity index (χ3v) is 3.51. The third-order valence-electron chi connectivity index (χ3n) is 3.51. The van der Waals surface area contributed by atoms with Crippen molar-refractivity contribution in [2.45, 2.75) is 32.7 Å². The van der Waals surface area contributed by atoms with Crippen LogP contribution in [-0.2, 0) is 16.8 Å². The van der Waals surface area contributed by atoms with E-state index < -0.39 is 0 Å². The van der Waals surface area contributed by atoms with Crippen molar-refractivity contribution < 1.29 is 4.79 Å². The zero-order valence-electron chi connectivity index (χ0n) is 13.5. The van der Waals surface area contributed by atoms with E-state index in [1.165, 1.54) is 5.56 Å². The SMILES string of the molecule is CC(C)(C)c1ccc(C=CC(=O)NCc2ccccc2)cc1. The van der Waals surface area contributed by atoms with E-state index in [2.05, 4.69) is 38.2 Å². The van der Waals surface area contributed by atoms with Crippen molar-refractivity contribution in [3.63, 3.8) is 0 Å². The van der Waals surface area contributed by atoms with Crippen molar-refractivity contribution in [3.05, 3.63) is 77.4 Å². The van der Waals surface area contributed by atoms with Gasteiger partial charge in [0.2, 0.25) is 5.91 Å². The summed E-state index contributed by atoms with van der Waals surface area (Å²) in [5, 5.41) is 2.88. The maximum absolute atomic E-state index is 11.8. The molecule has 0 aliphatic heterocycles. The number of hydrogen-bond donors (Lipinski definition) is 1. The molecule has 2 aromatic rings. The summed E-state index contributed by atoms with van der Waals surface area (Å²) in [6.45, 7) is 7.12.